The van der Waals surface area contributed by atoms with E-state index in [1.807, 2.05) is 30.3 Å². The van der Waals surface area contributed by atoms with Crippen molar-refractivity contribution in [2.75, 3.05) is 37.6 Å². The molecule has 37 heavy (non-hydrogen) atoms. The highest BCUT2D eigenvalue weighted by Crippen LogP contribution is 2.34. The lowest BCUT2D eigenvalue weighted by Gasteiger charge is -2.35. The molecule has 0 saturated carbocycles. The number of anilines is 1. The molecule has 1 aliphatic heterocycles. The fraction of sp³-hybridized carbons (Fsp3) is 0.323. The summed E-state index contributed by atoms with van der Waals surface area (Å²) in [4.78, 5) is 25.7. The second kappa shape index (κ2) is 10.6. The molecule has 0 spiro atoms. The first-order valence-corrected chi connectivity index (χ1v) is 12.9. The molecule has 3 aromatic carbocycles. The number of nitrogens with zero attached hydrogens (tertiary/aromatic N) is 4. The van der Waals surface area contributed by atoms with Crippen LogP contribution in [-0.2, 0) is 11.2 Å². The number of carbonyl (C=O) groups is 1. The van der Waals surface area contributed by atoms with Gasteiger partial charge in [-0.15, -0.1) is 0 Å². The molecule has 6 heteroatoms. The third-order valence-corrected chi connectivity index (χ3v) is 7.03. The van der Waals surface area contributed by atoms with Gasteiger partial charge in [-0.3, -0.25) is 9.69 Å². The number of oxazole rings is 1. The zero-order valence-corrected chi connectivity index (χ0v) is 21.7. The van der Waals surface area contributed by atoms with E-state index in [9.17, 15) is 4.79 Å². The molecule has 0 N–H and O–H groups in total. The maximum Gasteiger partial charge on any atom is 0.227 e. The average Bonchev–Trinajstić information content (AvgIpc) is 3.33. The highest BCUT2D eigenvalue weighted by atomic mass is 16.3. The van der Waals surface area contributed by atoms with Gasteiger partial charge < -0.3 is 9.32 Å². The normalized spacial score (nSPS) is 14.3. The van der Waals surface area contributed by atoms with Gasteiger partial charge in [-0.1, -0.05) is 43.7 Å². The van der Waals surface area contributed by atoms with Crippen LogP contribution in [0.25, 0.3) is 27.4 Å². The summed E-state index contributed by atoms with van der Waals surface area (Å²) in [6, 6.07) is 20.2. The minimum atomic E-state index is 0.226. The molecule has 1 aliphatic rings. The number of piperazine rings is 1. The van der Waals surface area contributed by atoms with Crippen LogP contribution in [0.15, 0.2) is 65.1 Å². The van der Waals surface area contributed by atoms with Crippen LogP contribution in [0.5, 0.6) is 0 Å². The summed E-state index contributed by atoms with van der Waals surface area (Å²) in [5.74, 6) is 0.985. The topological polar surface area (TPSA) is 53.9 Å². The number of carbonyl (C=O) groups excluding carboxylic acids is 1. The van der Waals surface area contributed by atoms with E-state index in [2.05, 4.69) is 64.7 Å². The van der Waals surface area contributed by atoms with E-state index in [1.54, 1.807) is 6.07 Å². The van der Waals surface area contributed by atoms with E-state index in [0.717, 1.165) is 48.5 Å². The van der Waals surface area contributed by atoms with Crippen LogP contribution in [0.4, 0.5) is 11.4 Å². The summed E-state index contributed by atoms with van der Waals surface area (Å²) in [6.07, 6.45) is 0.415. The second-order valence-electron chi connectivity index (χ2n) is 10.2. The highest BCUT2D eigenvalue weighted by molar-refractivity contribution is 5.85. The fourth-order valence-electron chi connectivity index (χ4n) is 4.88. The molecule has 1 fully saturated rings. The summed E-state index contributed by atoms with van der Waals surface area (Å²) in [5.41, 5.74) is 7.37. The molecule has 0 aliphatic carbocycles. The molecule has 2 heterocycles. The number of fused-ring (bicyclic) bond motifs is 1. The Morgan fingerprint density at radius 3 is 2.38 bits per heavy atom. The Morgan fingerprint density at radius 2 is 1.73 bits per heavy atom. The summed E-state index contributed by atoms with van der Waals surface area (Å²) in [5, 5.41) is 0. The number of aromatic nitrogens is 1. The van der Waals surface area contributed by atoms with Crippen LogP contribution in [-0.4, -0.2) is 48.4 Å². The molecule has 0 amide bonds. The molecule has 0 unspecified atom stereocenters. The van der Waals surface area contributed by atoms with Gasteiger partial charge in [0, 0.05) is 43.9 Å². The number of hydrogen-bond donors (Lipinski definition) is 0. The predicted molar refractivity (Wildman–Crippen MR) is 148 cm³/mol. The number of Topliss-reactive ketones (excluding diaryl/α,β-unsaturated/α-hetero) is 1. The Hall–Kier alpha value is -3.95. The van der Waals surface area contributed by atoms with Gasteiger partial charge in [-0.2, -0.15) is 0 Å². The zero-order valence-electron chi connectivity index (χ0n) is 21.7. The molecular formula is C31H32N4O2. The molecule has 1 saturated heterocycles. The minimum Gasteiger partial charge on any atom is -0.436 e. The van der Waals surface area contributed by atoms with Crippen LogP contribution in [0, 0.1) is 13.5 Å². The summed E-state index contributed by atoms with van der Waals surface area (Å²) in [6.45, 7) is 17.8. The van der Waals surface area contributed by atoms with Gasteiger partial charge in [-0.05, 0) is 60.4 Å². The molecule has 0 radical (unpaired) electrons. The van der Waals surface area contributed by atoms with Gasteiger partial charge in [-0.25, -0.2) is 9.83 Å². The standard InChI is InChI=1S/C31H32N4O2/c1-21(2)28-18-25(32-4)19-29-30(28)37-31(33-29)24-9-7-23(8-10-24)17-27(36)20-34-13-15-35(16-14-34)26-11-5-22(3)6-12-26/h5-12,18-19,21H,13-17,20H2,1-3H3. The summed E-state index contributed by atoms with van der Waals surface area (Å²) >= 11 is 0. The van der Waals surface area contributed by atoms with Gasteiger partial charge in [0.1, 0.15) is 0 Å². The maximum absolute atomic E-state index is 12.8. The second-order valence-corrected chi connectivity index (χ2v) is 10.2. The van der Waals surface area contributed by atoms with Gasteiger partial charge in [0.2, 0.25) is 5.89 Å². The number of hydrogen-bond acceptors (Lipinski definition) is 5. The van der Waals surface area contributed by atoms with Gasteiger partial charge in [0.05, 0.1) is 18.6 Å². The van der Waals surface area contributed by atoms with Crippen molar-refractivity contribution in [3.63, 3.8) is 0 Å². The van der Waals surface area contributed by atoms with Crippen molar-refractivity contribution in [1.29, 1.82) is 0 Å². The van der Waals surface area contributed by atoms with Crippen LogP contribution in [0.2, 0.25) is 0 Å². The van der Waals surface area contributed by atoms with E-state index in [-0.39, 0.29) is 11.7 Å². The predicted octanol–water partition coefficient (Wildman–Crippen LogP) is 6.41. The Bertz CT molecular complexity index is 1440. The first-order chi connectivity index (χ1) is 17.9. The average molecular weight is 493 g/mol. The summed E-state index contributed by atoms with van der Waals surface area (Å²) < 4.78 is 6.12. The minimum absolute atomic E-state index is 0.226. The van der Waals surface area contributed by atoms with Crippen LogP contribution in [0.3, 0.4) is 0 Å². The lowest BCUT2D eigenvalue weighted by atomic mass is 10.0. The third-order valence-electron chi connectivity index (χ3n) is 7.03. The van der Waals surface area contributed by atoms with E-state index in [0.29, 0.717) is 30.1 Å². The molecular weight excluding hydrogens is 460 g/mol. The number of rotatable bonds is 7. The van der Waals surface area contributed by atoms with Crippen LogP contribution in [0.1, 0.15) is 36.5 Å². The Kier molecular flexibility index (Phi) is 7.07. The maximum atomic E-state index is 12.8. The van der Waals surface area contributed by atoms with Gasteiger partial charge in [0.25, 0.3) is 0 Å². The number of ketones is 1. The third kappa shape index (κ3) is 5.58. The summed E-state index contributed by atoms with van der Waals surface area (Å²) in [7, 11) is 0. The van der Waals surface area contributed by atoms with Crippen molar-refractivity contribution in [3.8, 4) is 11.5 Å². The molecule has 6 nitrogen and oxygen atoms in total. The molecule has 1 aromatic heterocycles. The number of benzene rings is 3. The van der Waals surface area contributed by atoms with Crippen LogP contribution >= 0.6 is 0 Å². The van der Waals surface area contributed by atoms with Gasteiger partial charge >= 0.3 is 0 Å². The quantitative estimate of drug-likeness (QED) is 0.279. The van der Waals surface area contributed by atoms with E-state index in [1.165, 1.54) is 11.3 Å². The number of aryl methyl sites for hydroxylation is 1. The zero-order chi connectivity index (χ0) is 25.9. The Morgan fingerprint density at radius 1 is 1.03 bits per heavy atom. The van der Waals surface area contributed by atoms with Crippen molar-refractivity contribution < 1.29 is 9.21 Å². The monoisotopic (exact) mass is 492 g/mol. The lowest BCUT2D eigenvalue weighted by molar-refractivity contribution is -0.119. The van der Waals surface area contributed by atoms with Crippen molar-refractivity contribution >= 4 is 28.3 Å². The molecule has 5 rings (SSSR count). The van der Waals surface area contributed by atoms with E-state index in [4.69, 9.17) is 11.0 Å². The smallest absolute Gasteiger partial charge is 0.227 e. The Labute approximate surface area is 218 Å². The van der Waals surface area contributed by atoms with Crippen molar-refractivity contribution in [3.05, 3.63) is 88.8 Å². The van der Waals surface area contributed by atoms with Crippen LogP contribution < -0.4 is 4.90 Å². The molecule has 188 valence electrons. The molecule has 0 bridgehead atoms. The lowest BCUT2D eigenvalue weighted by Crippen LogP contribution is -2.48. The first kappa shape index (κ1) is 24.7. The first-order valence-electron chi connectivity index (χ1n) is 12.9. The molecule has 4 aromatic rings. The van der Waals surface area contributed by atoms with E-state index < -0.39 is 0 Å². The van der Waals surface area contributed by atoms with Crippen molar-refractivity contribution in [2.24, 2.45) is 0 Å². The fourth-order valence-corrected chi connectivity index (χ4v) is 4.88. The van der Waals surface area contributed by atoms with Crippen molar-refractivity contribution in [2.45, 2.75) is 33.1 Å². The van der Waals surface area contributed by atoms with Gasteiger partial charge in [0.15, 0.2) is 17.1 Å². The highest BCUT2D eigenvalue weighted by Gasteiger charge is 2.20. The molecule has 0 atom stereocenters. The van der Waals surface area contributed by atoms with Crippen molar-refractivity contribution in [1.82, 2.24) is 9.88 Å². The SMILES string of the molecule is [C-]#[N+]c1cc(C(C)C)c2oc(-c3ccc(CC(=O)CN4CCN(c5ccc(C)cc5)CC4)cc3)nc2c1. The Balaban J connectivity index is 1.19. The largest absolute Gasteiger partial charge is 0.436 e. The van der Waals surface area contributed by atoms with E-state index >= 15 is 0 Å².